The number of nitrogens with zero attached hydrogens (tertiary/aromatic N) is 3. The smallest absolute Gasteiger partial charge is 0.231 e. The quantitative estimate of drug-likeness (QED) is 0.723. The number of hydrogen-bond acceptors (Lipinski definition) is 3. The van der Waals surface area contributed by atoms with Gasteiger partial charge in [0, 0.05) is 41.4 Å². The first-order valence-electron chi connectivity index (χ1n) is 9.49. The average molecular weight is 395 g/mol. The first-order valence-corrected chi connectivity index (χ1v) is 9.87. The van der Waals surface area contributed by atoms with Gasteiger partial charge in [-0.2, -0.15) is 5.10 Å². The molecule has 0 radical (unpaired) electrons. The van der Waals surface area contributed by atoms with Crippen molar-refractivity contribution in [1.82, 2.24) is 14.7 Å². The lowest BCUT2D eigenvalue weighted by molar-refractivity contribution is -0.119. The molecule has 0 saturated heterocycles. The second-order valence-corrected chi connectivity index (χ2v) is 7.60. The van der Waals surface area contributed by atoms with Gasteiger partial charge < -0.3 is 5.73 Å². The van der Waals surface area contributed by atoms with Crippen molar-refractivity contribution in [2.45, 2.75) is 19.4 Å². The van der Waals surface area contributed by atoms with Gasteiger partial charge in [0.1, 0.15) is 0 Å². The normalized spacial score (nSPS) is 14.5. The molecule has 0 spiro atoms. The number of carbonyl (C=O) groups is 1. The number of rotatable bonds is 5. The molecule has 0 bridgehead atoms. The Morgan fingerprint density at radius 3 is 2.46 bits per heavy atom. The number of aromatic nitrogens is 2. The summed E-state index contributed by atoms with van der Waals surface area (Å²) < 4.78 is 2.11. The van der Waals surface area contributed by atoms with Crippen LogP contribution >= 0.6 is 11.6 Å². The van der Waals surface area contributed by atoms with Crippen LogP contribution in [-0.4, -0.2) is 40.2 Å². The van der Waals surface area contributed by atoms with E-state index >= 15 is 0 Å². The number of primary amides is 1. The van der Waals surface area contributed by atoms with Gasteiger partial charge in [-0.3, -0.25) is 14.4 Å². The summed E-state index contributed by atoms with van der Waals surface area (Å²) >= 11 is 6.07. The van der Waals surface area contributed by atoms with E-state index in [2.05, 4.69) is 21.7 Å². The van der Waals surface area contributed by atoms with Crippen LogP contribution in [0.2, 0.25) is 5.02 Å². The lowest BCUT2D eigenvalue weighted by Gasteiger charge is -2.17. The van der Waals surface area contributed by atoms with Gasteiger partial charge in [-0.25, -0.2) is 0 Å². The number of nitrogens with two attached hydrogens (primary N) is 1. The van der Waals surface area contributed by atoms with Gasteiger partial charge in [0.05, 0.1) is 18.8 Å². The van der Waals surface area contributed by atoms with Crippen molar-refractivity contribution in [3.63, 3.8) is 0 Å². The van der Waals surface area contributed by atoms with E-state index in [1.165, 1.54) is 16.8 Å². The standard InChI is InChI=1S/C22H23ClN4O/c23-18-8-6-17(7-9-18)22-19-10-12-26(15-21(24)28)13-11-20(19)27(25-22)14-16-4-2-1-3-5-16/h1-9H,10-15H2,(H2,24,28). The molecule has 1 aliphatic rings. The fraction of sp³-hybridized carbons (Fsp3) is 0.273. The van der Waals surface area contributed by atoms with E-state index in [0.717, 1.165) is 43.7 Å². The lowest BCUT2D eigenvalue weighted by Crippen LogP contribution is -2.35. The minimum absolute atomic E-state index is 0.283. The van der Waals surface area contributed by atoms with Crippen molar-refractivity contribution in [3.05, 3.63) is 76.4 Å². The Hall–Kier alpha value is -2.63. The molecule has 0 saturated carbocycles. The van der Waals surface area contributed by atoms with E-state index < -0.39 is 0 Å². The van der Waals surface area contributed by atoms with Gasteiger partial charge in [0.2, 0.25) is 5.91 Å². The van der Waals surface area contributed by atoms with Crippen LogP contribution in [0.25, 0.3) is 11.3 Å². The van der Waals surface area contributed by atoms with Crippen LogP contribution in [-0.2, 0) is 24.2 Å². The van der Waals surface area contributed by atoms with Crippen molar-refractivity contribution < 1.29 is 4.79 Å². The van der Waals surface area contributed by atoms with Crippen LogP contribution in [0.3, 0.4) is 0 Å². The predicted octanol–water partition coefficient (Wildman–Crippen LogP) is 3.14. The summed E-state index contributed by atoms with van der Waals surface area (Å²) in [5.41, 5.74) is 11.2. The summed E-state index contributed by atoms with van der Waals surface area (Å²) in [6.07, 6.45) is 1.69. The highest BCUT2D eigenvalue weighted by atomic mass is 35.5. The largest absolute Gasteiger partial charge is 0.369 e. The van der Waals surface area contributed by atoms with Gasteiger partial charge in [-0.1, -0.05) is 54.1 Å². The summed E-state index contributed by atoms with van der Waals surface area (Å²) in [7, 11) is 0. The highest BCUT2D eigenvalue weighted by molar-refractivity contribution is 6.30. The Balaban J connectivity index is 1.71. The Morgan fingerprint density at radius 1 is 1.04 bits per heavy atom. The minimum atomic E-state index is -0.283. The van der Waals surface area contributed by atoms with Crippen molar-refractivity contribution in [3.8, 4) is 11.3 Å². The van der Waals surface area contributed by atoms with Gasteiger partial charge in [-0.15, -0.1) is 0 Å². The van der Waals surface area contributed by atoms with Crippen molar-refractivity contribution in [1.29, 1.82) is 0 Å². The van der Waals surface area contributed by atoms with E-state index in [4.69, 9.17) is 22.4 Å². The Morgan fingerprint density at radius 2 is 1.75 bits per heavy atom. The second kappa shape index (κ2) is 8.17. The van der Waals surface area contributed by atoms with E-state index in [1.807, 2.05) is 42.5 Å². The van der Waals surface area contributed by atoms with Gasteiger partial charge in [0.25, 0.3) is 0 Å². The molecular weight excluding hydrogens is 372 g/mol. The molecule has 6 heteroatoms. The first-order chi connectivity index (χ1) is 13.6. The third kappa shape index (κ3) is 4.11. The van der Waals surface area contributed by atoms with E-state index in [-0.39, 0.29) is 5.91 Å². The fourth-order valence-electron chi connectivity index (χ4n) is 3.83. The monoisotopic (exact) mass is 394 g/mol. The minimum Gasteiger partial charge on any atom is -0.369 e. The molecule has 0 unspecified atom stereocenters. The molecule has 2 heterocycles. The molecule has 28 heavy (non-hydrogen) atoms. The number of amides is 1. The van der Waals surface area contributed by atoms with Gasteiger partial charge in [0.15, 0.2) is 0 Å². The summed E-state index contributed by atoms with van der Waals surface area (Å²) in [6.45, 7) is 2.63. The molecule has 1 amide bonds. The maximum atomic E-state index is 11.4. The molecular formula is C22H23ClN4O. The number of benzene rings is 2. The molecule has 0 atom stereocenters. The molecule has 3 aromatic rings. The Bertz CT molecular complexity index is 966. The van der Waals surface area contributed by atoms with Crippen molar-refractivity contribution in [2.75, 3.05) is 19.6 Å². The molecule has 2 N–H and O–H groups in total. The van der Waals surface area contributed by atoms with Crippen molar-refractivity contribution >= 4 is 17.5 Å². The Kier molecular flexibility index (Phi) is 5.46. The molecule has 0 fully saturated rings. The number of fused-ring (bicyclic) bond motifs is 1. The zero-order valence-corrected chi connectivity index (χ0v) is 16.4. The van der Waals surface area contributed by atoms with E-state index in [1.54, 1.807) is 0 Å². The molecule has 1 aromatic heterocycles. The van der Waals surface area contributed by atoms with Crippen LogP contribution in [0.4, 0.5) is 0 Å². The summed E-state index contributed by atoms with van der Waals surface area (Å²) in [4.78, 5) is 13.5. The SMILES string of the molecule is NC(=O)CN1CCc2c(-c3ccc(Cl)cc3)nn(Cc3ccccc3)c2CC1. The number of hydrogen-bond donors (Lipinski definition) is 1. The molecule has 144 valence electrons. The maximum absolute atomic E-state index is 11.4. The van der Waals surface area contributed by atoms with Crippen LogP contribution in [0.15, 0.2) is 54.6 Å². The van der Waals surface area contributed by atoms with E-state index in [0.29, 0.717) is 11.6 Å². The summed E-state index contributed by atoms with van der Waals surface area (Å²) in [6, 6.07) is 18.2. The molecule has 0 aliphatic carbocycles. The zero-order valence-electron chi connectivity index (χ0n) is 15.6. The highest BCUT2D eigenvalue weighted by Gasteiger charge is 2.24. The third-order valence-electron chi connectivity index (χ3n) is 5.18. The second-order valence-electron chi connectivity index (χ2n) is 7.17. The molecule has 4 rings (SSSR count). The zero-order chi connectivity index (χ0) is 19.5. The summed E-state index contributed by atoms with van der Waals surface area (Å²) in [5, 5.41) is 5.69. The topological polar surface area (TPSA) is 64.2 Å². The highest BCUT2D eigenvalue weighted by Crippen LogP contribution is 2.30. The van der Waals surface area contributed by atoms with Crippen LogP contribution in [0.1, 0.15) is 16.8 Å². The van der Waals surface area contributed by atoms with Gasteiger partial charge in [-0.05, 0) is 24.1 Å². The fourth-order valence-corrected chi connectivity index (χ4v) is 3.95. The number of carbonyl (C=O) groups excluding carboxylic acids is 1. The first kappa shape index (κ1) is 18.7. The van der Waals surface area contributed by atoms with E-state index in [9.17, 15) is 4.79 Å². The Labute approximate surface area is 169 Å². The number of halogens is 1. The predicted molar refractivity (Wildman–Crippen MR) is 111 cm³/mol. The third-order valence-corrected chi connectivity index (χ3v) is 5.43. The lowest BCUT2D eigenvalue weighted by atomic mass is 10.0. The van der Waals surface area contributed by atoms with Crippen LogP contribution in [0.5, 0.6) is 0 Å². The van der Waals surface area contributed by atoms with Crippen molar-refractivity contribution in [2.24, 2.45) is 5.73 Å². The van der Waals surface area contributed by atoms with Gasteiger partial charge >= 0.3 is 0 Å². The molecule has 5 nitrogen and oxygen atoms in total. The molecule has 2 aromatic carbocycles. The van der Waals surface area contributed by atoms with Crippen LogP contribution < -0.4 is 5.73 Å². The maximum Gasteiger partial charge on any atom is 0.231 e. The summed E-state index contributed by atoms with van der Waals surface area (Å²) in [5.74, 6) is -0.283. The average Bonchev–Trinajstić information content (AvgIpc) is 2.88. The van der Waals surface area contributed by atoms with Crippen LogP contribution in [0, 0.1) is 0 Å². The molecule has 1 aliphatic heterocycles.